The number of rotatable bonds is 3. The zero-order valence-electron chi connectivity index (χ0n) is 11.1. The van der Waals surface area contributed by atoms with Gasteiger partial charge in [0, 0.05) is 26.0 Å². The molecule has 0 unspecified atom stereocenters. The summed E-state index contributed by atoms with van der Waals surface area (Å²) in [6.45, 7) is 2.98. The number of hydrogen-bond donors (Lipinski definition) is 0. The van der Waals surface area contributed by atoms with E-state index in [1.54, 1.807) is 11.9 Å². The van der Waals surface area contributed by atoms with E-state index in [-0.39, 0.29) is 18.7 Å². The third kappa shape index (κ3) is 2.79. The van der Waals surface area contributed by atoms with Crippen LogP contribution in [0, 0.1) is 18.3 Å². The van der Waals surface area contributed by atoms with Crippen LogP contribution < -0.4 is 14.4 Å². The maximum atomic E-state index is 11.9. The molecule has 19 heavy (non-hydrogen) atoms. The second kappa shape index (κ2) is 5.61. The van der Waals surface area contributed by atoms with Crippen LogP contribution in [0.3, 0.4) is 0 Å². The highest BCUT2D eigenvalue weighted by atomic mass is 16.6. The van der Waals surface area contributed by atoms with Gasteiger partial charge in [0.05, 0.1) is 11.8 Å². The molecule has 0 bridgehead atoms. The molecule has 100 valence electrons. The van der Waals surface area contributed by atoms with Crippen LogP contribution in [0.2, 0.25) is 0 Å². The quantitative estimate of drug-likeness (QED) is 0.834. The summed E-state index contributed by atoms with van der Waals surface area (Å²) in [6, 6.07) is 5.66. The molecule has 0 aliphatic carbocycles. The molecule has 0 saturated carbocycles. The molecule has 1 aliphatic heterocycles. The fourth-order valence-corrected chi connectivity index (χ4v) is 2.01. The van der Waals surface area contributed by atoms with Crippen LogP contribution in [0.5, 0.6) is 11.5 Å². The van der Waals surface area contributed by atoms with E-state index < -0.39 is 0 Å². The Kier molecular flexibility index (Phi) is 3.91. The number of benzene rings is 1. The lowest BCUT2D eigenvalue weighted by Crippen LogP contribution is -2.27. The second-order valence-electron chi connectivity index (χ2n) is 4.39. The van der Waals surface area contributed by atoms with E-state index in [2.05, 4.69) is 0 Å². The average molecular weight is 260 g/mol. The number of carbonyl (C=O) groups is 1. The molecule has 1 aliphatic rings. The molecule has 0 saturated heterocycles. The van der Waals surface area contributed by atoms with Crippen molar-refractivity contribution in [3.8, 4) is 17.6 Å². The number of fused-ring (bicyclic) bond motifs is 1. The zero-order valence-corrected chi connectivity index (χ0v) is 11.1. The summed E-state index contributed by atoms with van der Waals surface area (Å²) in [5, 5.41) is 8.52. The first-order valence-corrected chi connectivity index (χ1v) is 6.17. The predicted molar refractivity (Wildman–Crippen MR) is 70.4 cm³/mol. The van der Waals surface area contributed by atoms with E-state index in [1.165, 1.54) is 0 Å². The van der Waals surface area contributed by atoms with E-state index in [0.29, 0.717) is 24.7 Å². The van der Waals surface area contributed by atoms with Gasteiger partial charge >= 0.3 is 0 Å². The normalized spacial score (nSPS) is 12.7. The van der Waals surface area contributed by atoms with Crippen LogP contribution in [-0.4, -0.2) is 26.2 Å². The van der Waals surface area contributed by atoms with Crippen LogP contribution in [0.15, 0.2) is 12.1 Å². The number of amides is 1. The number of nitriles is 1. The topological polar surface area (TPSA) is 62.6 Å². The number of aryl methyl sites for hydroxylation is 1. The molecular formula is C14H16N2O3. The minimum absolute atomic E-state index is 0.0821. The maximum Gasteiger partial charge on any atom is 0.227 e. The highest BCUT2D eigenvalue weighted by Crippen LogP contribution is 2.36. The summed E-state index contributed by atoms with van der Waals surface area (Å²) in [5.74, 6) is 1.29. The van der Waals surface area contributed by atoms with Gasteiger partial charge in [-0.2, -0.15) is 5.26 Å². The molecule has 1 heterocycles. The predicted octanol–water partition coefficient (Wildman–Crippen LogP) is 2.03. The Bertz CT molecular complexity index is 534. The summed E-state index contributed by atoms with van der Waals surface area (Å²) in [6.07, 6.45) is 0.452. The molecule has 0 N–H and O–H groups in total. The number of nitrogens with zero attached hydrogens (tertiary/aromatic N) is 2. The molecule has 1 aromatic rings. The van der Waals surface area contributed by atoms with Crippen LogP contribution in [0.1, 0.15) is 18.4 Å². The minimum atomic E-state index is -0.0821. The molecule has 0 spiro atoms. The summed E-state index contributed by atoms with van der Waals surface area (Å²) in [7, 11) is 1.71. The summed E-state index contributed by atoms with van der Waals surface area (Å²) in [4.78, 5) is 13.5. The number of hydrogen-bond acceptors (Lipinski definition) is 4. The molecule has 0 atom stereocenters. The number of ether oxygens (including phenoxy) is 2. The van der Waals surface area contributed by atoms with Crippen molar-refractivity contribution < 1.29 is 14.3 Å². The third-order valence-corrected chi connectivity index (χ3v) is 3.05. The fourth-order valence-electron chi connectivity index (χ4n) is 2.01. The van der Waals surface area contributed by atoms with Crippen molar-refractivity contribution in [1.82, 2.24) is 0 Å². The van der Waals surface area contributed by atoms with Crippen molar-refractivity contribution in [3.63, 3.8) is 0 Å². The third-order valence-electron chi connectivity index (χ3n) is 3.05. The Morgan fingerprint density at radius 1 is 1.37 bits per heavy atom. The van der Waals surface area contributed by atoms with Gasteiger partial charge in [0.25, 0.3) is 0 Å². The largest absolute Gasteiger partial charge is 0.486 e. The molecule has 0 aromatic heterocycles. The van der Waals surface area contributed by atoms with Gasteiger partial charge < -0.3 is 14.4 Å². The maximum absolute atomic E-state index is 11.9. The lowest BCUT2D eigenvalue weighted by atomic mass is 10.1. The van der Waals surface area contributed by atoms with Crippen molar-refractivity contribution in [1.29, 1.82) is 5.26 Å². The van der Waals surface area contributed by atoms with Crippen molar-refractivity contribution >= 4 is 11.6 Å². The fraction of sp³-hybridized carbons (Fsp3) is 0.429. The summed E-state index contributed by atoms with van der Waals surface area (Å²) >= 11 is 0. The SMILES string of the molecule is Cc1cc2c(cc1N(C)C(=O)CCC#N)OCCO2. The second-order valence-corrected chi connectivity index (χ2v) is 4.39. The number of anilines is 1. The summed E-state index contributed by atoms with van der Waals surface area (Å²) < 4.78 is 11.0. The number of carbonyl (C=O) groups excluding carboxylic acids is 1. The van der Waals surface area contributed by atoms with Crippen molar-refractivity contribution in [2.24, 2.45) is 0 Å². The molecule has 5 heteroatoms. The Morgan fingerprint density at radius 2 is 2.00 bits per heavy atom. The Morgan fingerprint density at radius 3 is 2.63 bits per heavy atom. The summed E-state index contributed by atoms with van der Waals surface area (Å²) in [5.41, 5.74) is 1.73. The Hall–Kier alpha value is -2.22. The Labute approximate surface area is 112 Å². The molecule has 1 amide bonds. The van der Waals surface area contributed by atoms with Crippen LogP contribution in [-0.2, 0) is 4.79 Å². The van der Waals surface area contributed by atoms with E-state index in [0.717, 1.165) is 11.3 Å². The first kappa shape index (κ1) is 13.2. The lowest BCUT2D eigenvalue weighted by Gasteiger charge is -2.24. The molecule has 0 radical (unpaired) electrons. The van der Waals surface area contributed by atoms with Crippen LogP contribution in [0.25, 0.3) is 0 Å². The van der Waals surface area contributed by atoms with E-state index in [9.17, 15) is 4.79 Å². The minimum Gasteiger partial charge on any atom is -0.486 e. The smallest absolute Gasteiger partial charge is 0.227 e. The average Bonchev–Trinajstić information content (AvgIpc) is 2.43. The van der Waals surface area contributed by atoms with E-state index in [1.807, 2.05) is 25.1 Å². The van der Waals surface area contributed by atoms with Gasteiger partial charge in [-0.25, -0.2) is 0 Å². The van der Waals surface area contributed by atoms with Crippen molar-refractivity contribution in [2.75, 3.05) is 25.2 Å². The van der Waals surface area contributed by atoms with E-state index in [4.69, 9.17) is 14.7 Å². The zero-order chi connectivity index (χ0) is 13.8. The van der Waals surface area contributed by atoms with Gasteiger partial charge in [0.1, 0.15) is 13.2 Å². The van der Waals surface area contributed by atoms with Gasteiger partial charge in [0.2, 0.25) is 5.91 Å². The van der Waals surface area contributed by atoms with Crippen molar-refractivity contribution in [2.45, 2.75) is 19.8 Å². The standard InChI is InChI=1S/C14H16N2O3/c1-10-8-12-13(19-7-6-18-12)9-11(10)16(2)14(17)4-3-5-15/h8-9H,3-4,6-7H2,1-2H3. The van der Waals surface area contributed by atoms with Crippen LogP contribution >= 0.6 is 0 Å². The highest BCUT2D eigenvalue weighted by molar-refractivity contribution is 5.94. The van der Waals surface area contributed by atoms with Gasteiger partial charge in [0.15, 0.2) is 11.5 Å². The lowest BCUT2D eigenvalue weighted by molar-refractivity contribution is -0.118. The first-order chi connectivity index (χ1) is 9.13. The van der Waals surface area contributed by atoms with Crippen LogP contribution in [0.4, 0.5) is 5.69 Å². The molecule has 0 fully saturated rings. The van der Waals surface area contributed by atoms with Crippen molar-refractivity contribution in [3.05, 3.63) is 17.7 Å². The van der Waals surface area contributed by atoms with Gasteiger partial charge in [-0.15, -0.1) is 0 Å². The highest BCUT2D eigenvalue weighted by Gasteiger charge is 2.18. The van der Waals surface area contributed by atoms with Gasteiger partial charge in [-0.05, 0) is 18.6 Å². The molecule has 1 aromatic carbocycles. The molecule has 2 rings (SSSR count). The monoisotopic (exact) mass is 260 g/mol. The van der Waals surface area contributed by atoms with E-state index >= 15 is 0 Å². The molecular weight excluding hydrogens is 244 g/mol. The van der Waals surface area contributed by atoms with Gasteiger partial charge in [-0.3, -0.25) is 4.79 Å². The molecule has 5 nitrogen and oxygen atoms in total. The first-order valence-electron chi connectivity index (χ1n) is 6.17. The Balaban J connectivity index is 2.24. The van der Waals surface area contributed by atoms with Gasteiger partial charge in [-0.1, -0.05) is 0 Å².